The third-order valence-electron chi connectivity index (χ3n) is 5.89. The Bertz CT molecular complexity index is 854. The first kappa shape index (κ1) is 18.7. The van der Waals surface area contributed by atoms with Crippen LogP contribution in [0.15, 0.2) is 24.3 Å². The van der Waals surface area contributed by atoms with Crippen molar-refractivity contribution in [2.75, 3.05) is 27.8 Å². The standard InChI is InChI=1S/C20H23NO4.ClH/c1-21-5-4-12-8-19(24-2)18(23)10-15(12)16(21)6-13-7-17(22)20(25-3)9-14(13)11-21;/h7-10,16H,4-6,11H2,1-3H3,(H-,22,23);1H/t16-,21-;/m0./s1. The lowest BCUT2D eigenvalue weighted by atomic mass is 9.81. The van der Waals surface area contributed by atoms with Gasteiger partial charge in [0.05, 0.1) is 27.8 Å². The largest absolute Gasteiger partial charge is 1.00 e. The number of halogens is 1. The van der Waals surface area contributed by atoms with Gasteiger partial charge in [-0.3, -0.25) is 0 Å². The van der Waals surface area contributed by atoms with Gasteiger partial charge < -0.3 is 36.6 Å². The predicted octanol–water partition coefficient (Wildman–Crippen LogP) is -0.0809. The van der Waals surface area contributed by atoms with Crippen molar-refractivity contribution in [3.8, 4) is 23.0 Å². The lowest BCUT2D eigenvalue weighted by Crippen LogP contribution is -3.00. The number of benzene rings is 2. The van der Waals surface area contributed by atoms with Crippen molar-refractivity contribution in [1.29, 1.82) is 0 Å². The minimum Gasteiger partial charge on any atom is -1.00 e. The average Bonchev–Trinajstić information content (AvgIpc) is 2.59. The summed E-state index contributed by atoms with van der Waals surface area (Å²) in [7, 11) is 5.44. The molecule has 0 spiro atoms. The van der Waals surface area contributed by atoms with Crippen LogP contribution in [0.5, 0.6) is 23.0 Å². The van der Waals surface area contributed by atoms with Gasteiger partial charge in [0.2, 0.25) is 0 Å². The number of nitrogens with zero attached hydrogens (tertiary/aromatic N) is 1. The van der Waals surface area contributed by atoms with Crippen LogP contribution in [0.1, 0.15) is 28.3 Å². The first-order chi connectivity index (χ1) is 11.9. The Morgan fingerprint density at radius 3 is 2.19 bits per heavy atom. The number of rotatable bonds is 2. The van der Waals surface area contributed by atoms with Crippen LogP contribution in [0, 0.1) is 0 Å². The number of aromatic hydroxyl groups is 2. The topological polar surface area (TPSA) is 58.9 Å². The Labute approximate surface area is 159 Å². The van der Waals surface area contributed by atoms with E-state index in [0.717, 1.165) is 36.0 Å². The molecule has 2 aromatic carbocycles. The smallest absolute Gasteiger partial charge is 0.160 e. The first-order valence-electron chi connectivity index (χ1n) is 8.58. The maximum atomic E-state index is 10.3. The summed E-state index contributed by atoms with van der Waals surface area (Å²) < 4.78 is 11.4. The number of methoxy groups -OCH3 is 2. The highest BCUT2D eigenvalue weighted by atomic mass is 35.5. The minimum absolute atomic E-state index is 0. The van der Waals surface area contributed by atoms with Crippen LogP contribution in [-0.2, 0) is 19.4 Å². The number of fused-ring (bicyclic) bond motifs is 4. The van der Waals surface area contributed by atoms with E-state index in [0.29, 0.717) is 11.5 Å². The molecular weight excluding hydrogens is 354 g/mol. The number of ether oxygens (including phenoxy) is 2. The van der Waals surface area contributed by atoms with E-state index in [-0.39, 0.29) is 29.9 Å². The minimum atomic E-state index is 0. The fourth-order valence-electron chi connectivity index (χ4n) is 4.46. The van der Waals surface area contributed by atoms with Gasteiger partial charge in [-0.2, -0.15) is 0 Å². The summed E-state index contributed by atoms with van der Waals surface area (Å²) in [5.41, 5.74) is 4.82. The second-order valence-electron chi connectivity index (χ2n) is 7.35. The molecule has 2 N–H and O–H groups in total. The molecule has 2 heterocycles. The van der Waals surface area contributed by atoms with Crippen molar-refractivity contribution >= 4 is 0 Å². The van der Waals surface area contributed by atoms with Gasteiger partial charge in [0.1, 0.15) is 12.6 Å². The maximum Gasteiger partial charge on any atom is 0.160 e. The summed E-state index contributed by atoms with van der Waals surface area (Å²) in [5, 5.41) is 20.4. The van der Waals surface area contributed by atoms with Crippen LogP contribution in [-0.4, -0.2) is 42.5 Å². The van der Waals surface area contributed by atoms with Crippen LogP contribution >= 0.6 is 0 Å². The van der Waals surface area contributed by atoms with Crippen LogP contribution in [0.25, 0.3) is 0 Å². The molecular formula is C20H24ClNO4. The molecule has 2 aromatic rings. The Morgan fingerprint density at radius 1 is 0.923 bits per heavy atom. The van der Waals surface area contributed by atoms with E-state index in [1.807, 2.05) is 24.3 Å². The van der Waals surface area contributed by atoms with Crippen LogP contribution in [0.3, 0.4) is 0 Å². The molecule has 5 nitrogen and oxygen atoms in total. The second-order valence-corrected chi connectivity index (χ2v) is 7.35. The summed E-state index contributed by atoms with van der Waals surface area (Å²) >= 11 is 0. The van der Waals surface area contributed by atoms with Crippen molar-refractivity contribution < 1.29 is 36.6 Å². The number of likely N-dealkylation sites (N-methyl/N-ethyl adjacent to an activating group) is 1. The third-order valence-corrected chi connectivity index (χ3v) is 5.89. The fourth-order valence-corrected chi connectivity index (χ4v) is 4.46. The van der Waals surface area contributed by atoms with Gasteiger partial charge in [-0.25, -0.2) is 0 Å². The summed E-state index contributed by atoms with van der Waals surface area (Å²) in [5.74, 6) is 1.45. The molecule has 2 aliphatic heterocycles. The molecule has 2 aliphatic rings. The van der Waals surface area contributed by atoms with Crippen LogP contribution in [0.4, 0.5) is 0 Å². The molecule has 0 bridgehead atoms. The molecule has 0 saturated heterocycles. The zero-order valence-electron chi connectivity index (χ0n) is 15.3. The number of phenols is 2. The summed E-state index contributed by atoms with van der Waals surface area (Å²) in [6, 6.07) is 7.89. The molecule has 0 amide bonds. The SMILES string of the molecule is COc1cc2c(cc1O)C[C@H]1c3cc(O)c(OC)cc3CC[N@@+]1(C)C2.[Cl-]. The van der Waals surface area contributed by atoms with Gasteiger partial charge in [-0.15, -0.1) is 0 Å². The van der Waals surface area contributed by atoms with Crippen molar-refractivity contribution in [1.82, 2.24) is 0 Å². The monoisotopic (exact) mass is 377 g/mol. The molecule has 0 saturated carbocycles. The highest BCUT2D eigenvalue weighted by molar-refractivity contribution is 5.51. The van der Waals surface area contributed by atoms with E-state index in [4.69, 9.17) is 9.47 Å². The lowest BCUT2D eigenvalue weighted by molar-refractivity contribution is -0.956. The van der Waals surface area contributed by atoms with Gasteiger partial charge in [-0.1, -0.05) is 0 Å². The van der Waals surface area contributed by atoms with Gasteiger partial charge >= 0.3 is 0 Å². The Balaban J connectivity index is 0.00000196. The molecule has 0 fully saturated rings. The quantitative estimate of drug-likeness (QED) is 0.719. The van der Waals surface area contributed by atoms with Crippen molar-refractivity contribution in [3.05, 3.63) is 46.5 Å². The highest BCUT2D eigenvalue weighted by Gasteiger charge is 2.43. The molecule has 0 aliphatic carbocycles. The van der Waals surface area contributed by atoms with Gasteiger partial charge in [0.15, 0.2) is 23.0 Å². The van der Waals surface area contributed by atoms with Crippen molar-refractivity contribution in [2.24, 2.45) is 0 Å². The molecule has 0 radical (unpaired) electrons. The summed E-state index contributed by atoms with van der Waals surface area (Å²) in [6.45, 7) is 1.93. The molecule has 2 atom stereocenters. The normalized spacial score (nSPS) is 23.1. The van der Waals surface area contributed by atoms with Gasteiger partial charge in [-0.05, 0) is 35.4 Å². The van der Waals surface area contributed by atoms with E-state index < -0.39 is 0 Å². The maximum absolute atomic E-state index is 10.3. The Kier molecular flexibility index (Phi) is 4.71. The Morgan fingerprint density at radius 2 is 1.54 bits per heavy atom. The van der Waals surface area contributed by atoms with E-state index in [2.05, 4.69) is 7.05 Å². The van der Waals surface area contributed by atoms with Crippen molar-refractivity contribution in [2.45, 2.75) is 25.4 Å². The predicted molar refractivity (Wildman–Crippen MR) is 94.2 cm³/mol. The molecule has 0 unspecified atom stereocenters. The zero-order chi connectivity index (χ0) is 17.8. The summed E-state index contributed by atoms with van der Waals surface area (Å²) in [4.78, 5) is 0. The zero-order valence-corrected chi connectivity index (χ0v) is 16.0. The molecule has 140 valence electrons. The second kappa shape index (κ2) is 6.56. The van der Waals surface area contributed by atoms with Crippen LogP contribution < -0.4 is 21.9 Å². The van der Waals surface area contributed by atoms with Crippen LogP contribution in [0.2, 0.25) is 0 Å². The van der Waals surface area contributed by atoms with E-state index >= 15 is 0 Å². The van der Waals surface area contributed by atoms with Crippen molar-refractivity contribution in [3.63, 3.8) is 0 Å². The number of hydrogen-bond donors (Lipinski definition) is 2. The highest BCUT2D eigenvalue weighted by Crippen LogP contribution is 2.47. The molecule has 0 aromatic heterocycles. The van der Waals surface area contributed by atoms with E-state index in [1.54, 1.807) is 14.2 Å². The van der Waals surface area contributed by atoms with E-state index in [1.165, 1.54) is 16.7 Å². The molecule has 26 heavy (non-hydrogen) atoms. The number of hydrogen-bond acceptors (Lipinski definition) is 4. The van der Waals surface area contributed by atoms with Gasteiger partial charge in [0, 0.05) is 24.0 Å². The lowest BCUT2D eigenvalue weighted by Gasteiger charge is -2.49. The van der Waals surface area contributed by atoms with Gasteiger partial charge in [0.25, 0.3) is 0 Å². The fraction of sp³-hybridized carbons (Fsp3) is 0.400. The summed E-state index contributed by atoms with van der Waals surface area (Å²) in [6.07, 6.45) is 1.80. The molecule has 4 rings (SSSR count). The number of quaternary nitrogens is 1. The third kappa shape index (κ3) is 2.75. The molecule has 6 heteroatoms. The Hall–Kier alpha value is -2.11. The first-order valence-corrected chi connectivity index (χ1v) is 8.58. The average molecular weight is 378 g/mol. The van der Waals surface area contributed by atoms with E-state index in [9.17, 15) is 10.2 Å². The number of phenolic OH excluding ortho intramolecular Hbond substituents is 2.